The molecule has 27 heavy (non-hydrogen) atoms. The van der Waals surface area contributed by atoms with Crippen LogP contribution < -0.4 is 11.0 Å². The fourth-order valence-corrected chi connectivity index (χ4v) is 3.67. The average molecular weight is 366 g/mol. The van der Waals surface area contributed by atoms with Crippen LogP contribution >= 0.6 is 0 Å². The Morgan fingerprint density at radius 1 is 1.22 bits per heavy atom. The monoisotopic (exact) mass is 366 g/mol. The van der Waals surface area contributed by atoms with Crippen LogP contribution in [0.4, 0.5) is 4.39 Å². The first kappa shape index (κ1) is 17.7. The summed E-state index contributed by atoms with van der Waals surface area (Å²) in [5, 5.41) is 8.02. The second-order valence-corrected chi connectivity index (χ2v) is 7.11. The first-order valence-corrected chi connectivity index (χ1v) is 9.34. The lowest BCUT2D eigenvalue weighted by atomic mass is 9.99. The van der Waals surface area contributed by atoms with E-state index < -0.39 is 0 Å². The molecule has 1 saturated heterocycles. The van der Waals surface area contributed by atoms with Crippen LogP contribution in [0.3, 0.4) is 0 Å². The second-order valence-electron chi connectivity index (χ2n) is 7.11. The van der Waals surface area contributed by atoms with Crippen molar-refractivity contribution in [2.24, 2.45) is 0 Å². The Morgan fingerprint density at radius 2 is 2.04 bits per heavy atom. The number of halogens is 1. The predicted octanol–water partition coefficient (Wildman–Crippen LogP) is 3.00. The number of hydrogen-bond acceptors (Lipinski definition) is 3. The highest BCUT2D eigenvalue weighted by molar-refractivity contribution is 5.33. The number of benzene rings is 2. The Balaban J connectivity index is 1.80. The summed E-state index contributed by atoms with van der Waals surface area (Å²) in [4.78, 5) is 13.2. The van der Waals surface area contributed by atoms with Gasteiger partial charge in [-0.1, -0.05) is 35.9 Å². The molecule has 0 radical (unpaired) electrons. The van der Waals surface area contributed by atoms with Crippen molar-refractivity contribution in [1.29, 1.82) is 0 Å². The lowest BCUT2D eigenvalue weighted by Crippen LogP contribution is -2.31. The van der Waals surface area contributed by atoms with Gasteiger partial charge in [-0.15, -0.1) is 0 Å². The van der Waals surface area contributed by atoms with Crippen molar-refractivity contribution in [3.63, 3.8) is 0 Å². The number of rotatable bonds is 4. The molecule has 1 fully saturated rings. The molecule has 6 heteroatoms. The van der Waals surface area contributed by atoms with Crippen LogP contribution in [0.1, 0.15) is 35.7 Å². The Labute approximate surface area is 157 Å². The summed E-state index contributed by atoms with van der Waals surface area (Å²) in [5.41, 5.74) is 1.99. The number of hydrogen-bond donors (Lipinski definition) is 1. The van der Waals surface area contributed by atoms with E-state index >= 15 is 0 Å². The zero-order valence-electron chi connectivity index (χ0n) is 15.4. The van der Waals surface area contributed by atoms with Crippen LogP contribution in [-0.2, 0) is 6.54 Å². The van der Waals surface area contributed by atoms with Crippen molar-refractivity contribution in [1.82, 2.24) is 19.7 Å². The lowest BCUT2D eigenvalue weighted by molar-refractivity contribution is 0.439. The van der Waals surface area contributed by atoms with Gasteiger partial charge in [0.1, 0.15) is 11.6 Å². The van der Waals surface area contributed by atoms with E-state index in [-0.39, 0.29) is 24.0 Å². The lowest BCUT2D eigenvalue weighted by Gasteiger charge is -2.22. The van der Waals surface area contributed by atoms with Crippen LogP contribution in [0.25, 0.3) is 5.69 Å². The van der Waals surface area contributed by atoms with Crippen molar-refractivity contribution >= 4 is 0 Å². The van der Waals surface area contributed by atoms with E-state index in [0.717, 1.165) is 43.0 Å². The normalized spacial score (nSPS) is 17.2. The molecule has 1 aliphatic rings. The third-order valence-electron chi connectivity index (χ3n) is 5.06. The molecule has 1 aromatic heterocycles. The summed E-state index contributed by atoms with van der Waals surface area (Å²) < 4.78 is 17.3. The minimum absolute atomic E-state index is 0.124. The van der Waals surface area contributed by atoms with E-state index in [1.54, 1.807) is 16.7 Å². The largest absolute Gasteiger partial charge is 0.350 e. The fraction of sp³-hybridized carbons (Fsp3) is 0.333. The maximum Gasteiger partial charge on any atom is 0.350 e. The van der Waals surface area contributed by atoms with Gasteiger partial charge in [0.25, 0.3) is 0 Å². The van der Waals surface area contributed by atoms with E-state index in [2.05, 4.69) is 10.4 Å². The van der Waals surface area contributed by atoms with E-state index in [0.29, 0.717) is 5.56 Å². The highest BCUT2D eigenvalue weighted by Crippen LogP contribution is 2.23. The van der Waals surface area contributed by atoms with Crippen LogP contribution in [0.2, 0.25) is 0 Å². The van der Waals surface area contributed by atoms with E-state index in [4.69, 9.17) is 0 Å². The summed E-state index contributed by atoms with van der Waals surface area (Å²) in [6.07, 6.45) is 2.03. The van der Waals surface area contributed by atoms with Gasteiger partial charge in [0.05, 0.1) is 12.2 Å². The predicted molar refractivity (Wildman–Crippen MR) is 103 cm³/mol. The van der Waals surface area contributed by atoms with Crippen molar-refractivity contribution in [3.05, 3.63) is 81.8 Å². The number of nitrogens with zero attached hydrogens (tertiary/aromatic N) is 3. The van der Waals surface area contributed by atoms with Gasteiger partial charge in [-0.3, -0.25) is 0 Å². The summed E-state index contributed by atoms with van der Waals surface area (Å²) >= 11 is 0. The van der Waals surface area contributed by atoms with Gasteiger partial charge in [0.2, 0.25) is 0 Å². The van der Waals surface area contributed by atoms with Crippen LogP contribution in [-0.4, -0.2) is 27.4 Å². The topological polar surface area (TPSA) is 51.9 Å². The van der Waals surface area contributed by atoms with E-state index in [1.165, 1.54) is 10.7 Å². The van der Waals surface area contributed by atoms with Gasteiger partial charge in [-0.25, -0.2) is 18.4 Å². The highest BCUT2D eigenvalue weighted by Gasteiger charge is 2.25. The molecule has 2 aromatic carbocycles. The third kappa shape index (κ3) is 3.57. The van der Waals surface area contributed by atoms with E-state index in [9.17, 15) is 9.18 Å². The molecular weight excluding hydrogens is 343 g/mol. The molecule has 0 spiro atoms. The summed E-state index contributed by atoms with van der Waals surface area (Å²) in [5.74, 6) is 0.587. The second kappa shape index (κ2) is 7.48. The molecule has 0 aliphatic carbocycles. The highest BCUT2D eigenvalue weighted by atomic mass is 19.1. The molecule has 1 N–H and O–H groups in total. The number of piperidine rings is 1. The van der Waals surface area contributed by atoms with Gasteiger partial charge in [0.15, 0.2) is 0 Å². The maximum absolute atomic E-state index is 14.2. The molecule has 0 saturated carbocycles. The van der Waals surface area contributed by atoms with Gasteiger partial charge in [-0.2, -0.15) is 5.10 Å². The Bertz CT molecular complexity index is 987. The molecule has 140 valence electrons. The number of aromatic nitrogens is 3. The minimum atomic E-state index is -0.317. The molecule has 3 aromatic rings. The first-order valence-electron chi connectivity index (χ1n) is 9.34. The summed E-state index contributed by atoms with van der Waals surface area (Å²) in [7, 11) is 0. The van der Waals surface area contributed by atoms with Crippen LogP contribution in [0.15, 0.2) is 53.3 Å². The van der Waals surface area contributed by atoms with Crippen molar-refractivity contribution < 1.29 is 4.39 Å². The smallest absolute Gasteiger partial charge is 0.316 e. The molecule has 5 nitrogen and oxygen atoms in total. The Morgan fingerprint density at radius 3 is 2.78 bits per heavy atom. The summed E-state index contributed by atoms with van der Waals surface area (Å²) in [6, 6.07) is 14.5. The molecule has 4 rings (SSSR count). The molecule has 0 bridgehead atoms. The molecule has 2 heterocycles. The quantitative estimate of drug-likeness (QED) is 0.772. The SMILES string of the molecule is Cc1ccc(F)c(Cn2nc([C@H]3CCCNC3)n(-c3ccccc3)c2=O)c1. The van der Waals surface area contributed by atoms with Gasteiger partial charge in [-0.05, 0) is 44.5 Å². The Hall–Kier alpha value is -2.73. The maximum atomic E-state index is 14.2. The van der Waals surface area contributed by atoms with Crippen LogP contribution in [0.5, 0.6) is 0 Å². The fourth-order valence-electron chi connectivity index (χ4n) is 3.67. The van der Waals surface area contributed by atoms with E-state index in [1.807, 2.05) is 37.3 Å². The molecule has 0 unspecified atom stereocenters. The minimum Gasteiger partial charge on any atom is -0.316 e. The van der Waals surface area contributed by atoms with Crippen molar-refractivity contribution in [3.8, 4) is 5.69 Å². The summed E-state index contributed by atoms with van der Waals surface area (Å²) in [6.45, 7) is 3.82. The third-order valence-corrected chi connectivity index (χ3v) is 5.06. The first-order chi connectivity index (χ1) is 13.1. The molecule has 0 amide bonds. The van der Waals surface area contributed by atoms with Crippen molar-refractivity contribution in [2.75, 3.05) is 13.1 Å². The zero-order valence-corrected chi connectivity index (χ0v) is 15.4. The standard InChI is InChI=1S/C21H23FN4O/c1-15-9-10-19(22)17(12-15)14-25-21(27)26(18-7-3-2-4-8-18)20(24-25)16-6-5-11-23-13-16/h2-4,7-10,12,16,23H,5-6,11,13-14H2,1H3/t16-/m0/s1. The van der Waals surface area contributed by atoms with Gasteiger partial charge >= 0.3 is 5.69 Å². The van der Waals surface area contributed by atoms with Gasteiger partial charge < -0.3 is 5.32 Å². The van der Waals surface area contributed by atoms with Crippen molar-refractivity contribution in [2.45, 2.75) is 32.2 Å². The van der Waals surface area contributed by atoms with Crippen LogP contribution in [0, 0.1) is 12.7 Å². The van der Waals surface area contributed by atoms with Gasteiger partial charge in [0, 0.05) is 18.0 Å². The molecule has 1 aliphatic heterocycles. The Kier molecular flexibility index (Phi) is 4.90. The number of para-hydroxylation sites is 1. The molecular formula is C21H23FN4O. The number of aryl methyl sites for hydroxylation is 1. The average Bonchev–Trinajstić information content (AvgIpc) is 3.02. The number of nitrogens with one attached hydrogen (secondary N) is 1. The molecule has 1 atom stereocenters. The zero-order chi connectivity index (χ0) is 18.8.